The van der Waals surface area contributed by atoms with Gasteiger partial charge in [-0.1, -0.05) is 60.7 Å². The van der Waals surface area contributed by atoms with Crippen LogP contribution in [-0.2, 0) is 10.0 Å². The van der Waals surface area contributed by atoms with Gasteiger partial charge >= 0.3 is 0 Å². The number of sulfonamides is 1. The first-order valence-corrected chi connectivity index (χ1v) is 12.3. The van der Waals surface area contributed by atoms with Gasteiger partial charge in [0.05, 0.1) is 26.7 Å². The lowest BCUT2D eigenvalue weighted by molar-refractivity contribution is 0.476. The van der Waals surface area contributed by atoms with Gasteiger partial charge in [-0.15, -0.1) is 0 Å². The van der Waals surface area contributed by atoms with Crippen LogP contribution in [0.15, 0.2) is 102 Å². The number of phenolic OH excluding ortho intramolecular Hbond substituents is 2. The summed E-state index contributed by atoms with van der Waals surface area (Å²) >= 11 is 3.28. The minimum atomic E-state index is -3.89. The van der Waals surface area contributed by atoms with Crippen molar-refractivity contribution < 1.29 is 18.6 Å². The molecule has 0 aliphatic carbocycles. The molecule has 0 heterocycles. The first kappa shape index (κ1) is 21.3. The van der Waals surface area contributed by atoms with Crippen molar-refractivity contribution in [3.8, 4) is 22.6 Å². The number of rotatable bonds is 4. The standard InChI is InChI=1S/C26H18BrNO4S/c27-28(33(31,32)21-6-2-1-3-7-21)25-16-24(26(30)23-9-5-4-8-22(23)25)19-11-10-18-15-20(29)13-12-17(18)14-19/h1-16,29-30H. The van der Waals surface area contributed by atoms with Crippen molar-refractivity contribution in [1.29, 1.82) is 0 Å². The molecule has 0 aromatic heterocycles. The van der Waals surface area contributed by atoms with Crippen LogP contribution in [0.25, 0.3) is 32.7 Å². The van der Waals surface area contributed by atoms with Crippen molar-refractivity contribution in [2.45, 2.75) is 4.90 Å². The van der Waals surface area contributed by atoms with Crippen molar-refractivity contribution in [2.24, 2.45) is 0 Å². The van der Waals surface area contributed by atoms with Crippen molar-refractivity contribution >= 4 is 53.4 Å². The van der Waals surface area contributed by atoms with Crippen LogP contribution in [0.5, 0.6) is 11.5 Å². The van der Waals surface area contributed by atoms with E-state index in [2.05, 4.69) is 16.1 Å². The topological polar surface area (TPSA) is 77.8 Å². The zero-order valence-electron chi connectivity index (χ0n) is 17.2. The Kier molecular flexibility index (Phi) is 5.23. The van der Waals surface area contributed by atoms with E-state index < -0.39 is 10.0 Å². The van der Waals surface area contributed by atoms with E-state index in [4.69, 9.17) is 0 Å². The van der Waals surface area contributed by atoms with Crippen LogP contribution in [0.2, 0.25) is 0 Å². The van der Waals surface area contributed by atoms with E-state index >= 15 is 0 Å². The maximum absolute atomic E-state index is 13.3. The largest absolute Gasteiger partial charge is 0.508 e. The van der Waals surface area contributed by atoms with Crippen LogP contribution < -0.4 is 3.33 Å². The Bertz CT molecular complexity index is 1620. The predicted molar refractivity (Wildman–Crippen MR) is 135 cm³/mol. The smallest absolute Gasteiger partial charge is 0.273 e. The number of aromatic hydroxyl groups is 2. The molecule has 0 spiro atoms. The average Bonchev–Trinajstić information content (AvgIpc) is 2.84. The summed E-state index contributed by atoms with van der Waals surface area (Å²) in [6.45, 7) is 0. The Balaban J connectivity index is 1.74. The molecular formula is C26H18BrNO4S. The second kappa shape index (κ2) is 8.10. The highest BCUT2D eigenvalue weighted by Gasteiger charge is 2.26. The molecule has 0 unspecified atom stereocenters. The monoisotopic (exact) mass is 519 g/mol. The van der Waals surface area contributed by atoms with Gasteiger partial charge < -0.3 is 10.2 Å². The molecule has 2 N–H and O–H groups in total. The van der Waals surface area contributed by atoms with E-state index in [1.807, 2.05) is 18.2 Å². The molecule has 0 radical (unpaired) electrons. The lowest BCUT2D eigenvalue weighted by Gasteiger charge is -2.21. The van der Waals surface area contributed by atoms with Gasteiger partial charge in [-0.05, 0) is 52.7 Å². The molecule has 0 fully saturated rings. The second-order valence-electron chi connectivity index (χ2n) is 7.62. The fourth-order valence-electron chi connectivity index (χ4n) is 3.92. The first-order chi connectivity index (χ1) is 15.9. The van der Waals surface area contributed by atoms with Gasteiger partial charge in [-0.2, -0.15) is 3.33 Å². The third kappa shape index (κ3) is 3.69. The van der Waals surface area contributed by atoms with E-state index in [0.29, 0.717) is 22.0 Å². The third-order valence-corrected chi connectivity index (χ3v) is 8.58. The molecule has 164 valence electrons. The number of hydrogen-bond acceptors (Lipinski definition) is 4. The molecule has 0 saturated heterocycles. The maximum Gasteiger partial charge on any atom is 0.273 e. The van der Waals surface area contributed by atoms with E-state index in [0.717, 1.165) is 19.7 Å². The van der Waals surface area contributed by atoms with Gasteiger partial charge in [-0.25, -0.2) is 8.42 Å². The fourth-order valence-corrected chi connectivity index (χ4v) is 5.81. The lowest BCUT2D eigenvalue weighted by atomic mass is 9.96. The summed E-state index contributed by atoms with van der Waals surface area (Å²) in [6, 6.07) is 27.6. The van der Waals surface area contributed by atoms with Gasteiger partial charge in [0, 0.05) is 16.3 Å². The number of anilines is 1. The summed E-state index contributed by atoms with van der Waals surface area (Å²) in [5.41, 5.74) is 1.59. The molecule has 0 aliphatic rings. The summed E-state index contributed by atoms with van der Waals surface area (Å²) in [7, 11) is -3.89. The van der Waals surface area contributed by atoms with Crippen molar-refractivity contribution in [2.75, 3.05) is 3.33 Å². The number of halogens is 1. The maximum atomic E-state index is 13.3. The Morgan fingerprint density at radius 1 is 0.697 bits per heavy atom. The molecule has 7 heteroatoms. The van der Waals surface area contributed by atoms with E-state index in [1.54, 1.807) is 66.7 Å². The summed E-state index contributed by atoms with van der Waals surface area (Å²) in [5.74, 6) is 0.234. The normalized spacial score (nSPS) is 11.7. The van der Waals surface area contributed by atoms with Crippen LogP contribution >= 0.6 is 16.1 Å². The number of hydrogen-bond donors (Lipinski definition) is 2. The average molecular weight is 520 g/mol. The van der Waals surface area contributed by atoms with Gasteiger partial charge in [0.25, 0.3) is 10.0 Å². The zero-order chi connectivity index (χ0) is 23.2. The highest BCUT2D eigenvalue weighted by Crippen LogP contribution is 2.44. The van der Waals surface area contributed by atoms with Crippen molar-refractivity contribution in [3.05, 3.63) is 97.1 Å². The molecule has 5 rings (SSSR count). The van der Waals surface area contributed by atoms with Crippen LogP contribution in [0, 0.1) is 0 Å². The van der Waals surface area contributed by atoms with Crippen LogP contribution in [-0.4, -0.2) is 18.6 Å². The van der Waals surface area contributed by atoms with Crippen LogP contribution in [0.1, 0.15) is 0 Å². The first-order valence-electron chi connectivity index (χ1n) is 10.1. The Labute approximate surface area is 199 Å². The molecule has 5 aromatic carbocycles. The van der Waals surface area contributed by atoms with E-state index in [1.165, 1.54) is 12.1 Å². The van der Waals surface area contributed by atoms with Crippen molar-refractivity contribution in [1.82, 2.24) is 0 Å². The minimum absolute atomic E-state index is 0.0606. The Morgan fingerprint density at radius 3 is 2.09 bits per heavy atom. The highest BCUT2D eigenvalue weighted by molar-refractivity contribution is 9.11. The Morgan fingerprint density at radius 2 is 1.33 bits per heavy atom. The summed E-state index contributed by atoms with van der Waals surface area (Å²) in [6.07, 6.45) is 0. The quantitative estimate of drug-likeness (QED) is 0.263. The van der Waals surface area contributed by atoms with Crippen LogP contribution in [0.4, 0.5) is 5.69 Å². The van der Waals surface area contributed by atoms with E-state index in [-0.39, 0.29) is 16.4 Å². The number of fused-ring (bicyclic) bond motifs is 2. The molecule has 0 saturated carbocycles. The van der Waals surface area contributed by atoms with Crippen molar-refractivity contribution in [3.63, 3.8) is 0 Å². The predicted octanol–water partition coefficient (Wildman–Crippen LogP) is 6.58. The molecule has 5 aromatic rings. The third-order valence-electron chi connectivity index (χ3n) is 5.57. The van der Waals surface area contributed by atoms with Gasteiger partial charge in [0.15, 0.2) is 0 Å². The van der Waals surface area contributed by atoms with Gasteiger partial charge in [0.1, 0.15) is 11.5 Å². The summed E-state index contributed by atoms with van der Waals surface area (Å²) < 4.78 is 27.7. The number of nitrogens with zero attached hydrogens (tertiary/aromatic N) is 1. The second-order valence-corrected chi connectivity index (χ2v) is 10.6. The SMILES string of the molecule is O=S(=O)(c1ccccc1)N(Br)c1cc(-c2ccc3cc(O)ccc3c2)c(O)c2ccccc12. The highest BCUT2D eigenvalue weighted by atomic mass is 79.9. The number of phenols is 2. The molecule has 0 amide bonds. The van der Waals surface area contributed by atoms with E-state index in [9.17, 15) is 18.6 Å². The molecule has 0 atom stereocenters. The van der Waals surface area contributed by atoms with Gasteiger partial charge in [-0.3, -0.25) is 0 Å². The molecule has 0 aliphatic heterocycles. The zero-order valence-corrected chi connectivity index (χ0v) is 19.6. The molecule has 33 heavy (non-hydrogen) atoms. The molecular weight excluding hydrogens is 502 g/mol. The fraction of sp³-hybridized carbons (Fsp3) is 0. The number of benzene rings is 5. The molecule has 5 nitrogen and oxygen atoms in total. The summed E-state index contributed by atoms with van der Waals surface area (Å²) in [5, 5.41) is 23.7. The molecule has 0 bridgehead atoms. The summed E-state index contributed by atoms with van der Waals surface area (Å²) in [4.78, 5) is 0.145. The Hall–Kier alpha value is -3.55. The van der Waals surface area contributed by atoms with Crippen LogP contribution in [0.3, 0.4) is 0 Å². The van der Waals surface area contributed by atoms with Gasteiger partial charge in [0.2, 0.25) is 0 Å². The lowest BCUT2D eigenvalue weighted by Crippen LogP contribution is -2.21. The minimum Gasteiger partial charge on any atom is -0.508 e.